The number of ether oxygens (including phenoxy) is 1. The summed E-state index contributed by atoms with van der Waals surface area (Å²) in [7, 11) is -0.175. The monoisotopic (exact) mass is 288 g/mol. The number of nitrogens with zero attached hydrogens (tertiary/aromatic N) is 2. The molecular formula is C12H20N2O4S. The molecule has 0 radical (unpaired) electrons. The van der Waals surface area contributed by atoms with Crippen LogP contribution in [-0.4, -0.2) is 48.7 Å². The predicted octanol–water partition coefficient (Wildman–Crippen LogP) is 0.317. The first-order valence-electron chi connectivity index (χ1n) is 6.28. The standard InChI is InChI=1S/C12H20N2O4S/c1-13-8-12(7-11(13)9-15)19(16,17)14(2)10-3-5-18-6-4-10/h7-8,10,15H,3-6,9H2,1-2H3. The van der Waals surface area contributed by atoms with E-state index in [-0.39, 0.29) is 17.5 Å². The Morgan fingerprint density at radius 2 is 2.11 bits per heavy atom. The molecule has 1 aromatic heterocycles. The lowest BCUT2D eigenvalue weighted by Crippen LogP contribution is -2.40. The molecule has 1 fully saturated rings. The van der Waals surface area contributed by atoms with Crippen LogP contribution in [0.25, 0.3) is 0 Å². The molecule has 1 aliphatic heterocycles. The van der Waals surface area contributed by atoms with E-state index in [2.05, 4.69) is 0 Å². The van der Waals surface area contributed by atoms with Crippen LogP contribution >= 0.6 is 0 Å². The van der Waals surface area contributed by atoms with E-state index in [1.165, 1.54) is 16.6 Å². The minimum atomic E-state index is -3.50. The third-order valence-corrected chi connectivity index (χ3v) is 5.50. The Labute approximate surface area is 113 Å². The second-order valence-corrected chi connectivity index (χ2v) is 6.80. The van der Waals surface area contributed by atoms with Gasteiger partial charge in [0.15, 0.2) is 0 Å². The van der Waals surface area contributed by atoms with Crippen molar-refractivity contribution in [1.82, 2.24) is 8.87 Å². The van der Waals surface area contributed by atoms with E-state index in [0.29, 0.717) is 18.9 Å². The molecule has 1 aliphatic rings. The fourth-order valence-electron chi connectivity index (χ4n) is 2.29. The van der Waals surface area contributed by atoms with E-state index in [1.54, 1.807) is 18.7 Å². The van der Waals surface area contributed by atoms with Crippen molar-refractivity contribution in [3.8, 4) is 0 Å². The van der Waals surface area contributed by atoms with Crippen molar-refractivity contribution in [3.63, 3.8) is 0 Å². The first-order valence-corrected chi connectivity index (χ1v) is 7.72. The van der Waals surface area contributed by atoms with Crippen molar-refractivity contribution in [2.75, 3.05) is 20.3 Å². The molecule has 0 aliphatic carbocycles. The lowest BCUT2D eigenvalue weighted by molar-refractivity contribution is 0.0632. The summed E-state index contributed by atoms with van der Waals surface area (Å²) in [6, 6.07) is 1.50. The van der Waals surface area contributed by atoms with Crippen LogP contribution < -0.4 is 0 Å². The molecule has 7 heteroatoms. The summed E-state index contributed by atoms with van der Waals surface area (Å²) in [5.74, 6) is 0. The third-order valence-electron chi connectivity index (χ3n) is 3.63. The summed E-state index contributed by atoms with van der Waals surface area (Å²) < 4.78 is 33.3. The van der Waals surface area contributed by atoms with Gasteiger partial charge in [0.05, 0.1) is 6.61 Å². The zero-order chi connectivity index (χ0) is 14.0. The van der Waals surface area contributed by atoms with Crippen LogP contribution in [-0.2, 0) is 28.4 Å². The number of aliphatic hydroxyl groups excluding tert-OH is 1. The number of aromatic nitrogens is 1. The number of sulfonamides is 1. The number of aryl methyl sites for hydroxylation is 1. The molecule has 1 N–H and O–H groups in total. The molecule has 2 heterocycles. The van der Waals surface area contributed by atoms with Crippen LogP contribution in [0.4, 0.5) is 0 Å². The summed E-state index contributed by atoms with van der Waals surface area (Å²) in [5.41, 5.74) is 0.582. The molecule has 0 bridgehead atoms. The van der Waals surface area contributed by atoms with Crippen LogP contribution in [0.2, 0.25) is 0 Å². The van der Waals surface area contributed by atoms with Gasteiger partial charge in [-0.05, 0) is 18.9 Å². The SMILES string of the molecule is CN(C1CCOCC1)S(=O)(=O)c1cc(CO)n(C)c1. The highest BCUT2D eigenvalue weighted by molar-refractivity contribution is 7.89. The van der Waals surface area contributed by atoms with Crippen LogP contribution in [0, 0.1) is 0 Å². The average molecular weight is 288 g/mol. The summed E-state index contributed by atoms with van der Waals surface area (Å²) in [4.78, 5) is 0.230. The molecule has 2 rings (SSSR count). The third kappa shape index (κ3) is 2.84. The number of hydrogen-bond acceptors (Lipinski definition) is 4. The Kier molecular flexibility index (Phi) is 4.29. The number of aliphatic hydroxyl groups is 1. The van der Waals surface area contributed by atoms with E-state index in [0.717, 1.165) is 12.8 Å². The van der Waals surface area contributed by atoms with E-state index in [9.17, 15) is 8.42 Å². The predicted molar refractivity (Wildman–Crippen MR) is 70.1 cm³/mol. The molecule has 6 nitrogen and oxygen atoms in total. The Balaban J connectivity index is 2.24. The molecule has 0 spiro atoms. The topological polar surface area (TPSA) is 71.8 Å². The summed E-state index contributed by atoms with van der Waals surface area (Å²) in [6.07, 6.45) is 2.97. The Morgan fingerprint density at radius 3 is 2.63 bits per heavy atom. The number of rotatable bonds is 4. The van der Waals surface area contributed by atoms with Gasteiger partial charge in [-0.25, -0.2) is 8.42 Å². The van der Waals surface area contributed by atoms with Gasteiger partial charge in [0.25, 0.3) is 0 Å². The van der Waals surface area contributed by atoms with E-state index in [4.69, 9.17) is 9.84 Å². The fourth-order valence-corrected chi connectivity index (χ4v) is 3.80. The van der Waals surface area contributed by atoms with Gasteiger partial charge in [0, 0.05) is 45.2 Å². The first-order chi connectivity index (χ1) is 8.96. The van der Waals surface area contributed by atoms with Crippen molar-refractivity contribution in [2.24, 2.45) is 7.05 Å². The Hall–Kier alpha value is -0.890. The highest BCUT2D eigenvalue weighted by Gasteiger charge is 2.30. The molecule has 1 aromatic rings. The zero-order valence-corrected chi connectivity index (χ0v) is 12.1. The first kappa shape index (κ1) is 14.5. The molecule has 0 unspecified atom stereocenters. The summed E-state index contributed by atoms with van der Waals surface area (Å²) in [5, 5.41) is 9.14. The zero-order valence-electron chi connectivity index (χ0n) is 11.2. The fraction of sp³-hybridized carbons (Fsp3) is 0.667. The molecule has 0 saturated carbocycles. The van der Waals surface area contributed by atoms with Gasteiger partial charge in [-0.2, -0.15) is 4.31 Å². The van der Waals surface area contributed by atoms with Gasteiger partial charge in [-0.15, -0.1) is 0 Å². The van der Waals surface area contributed by atoms with Gasteiger partial charge < -0.3 is 14.4 Å². The average Bonchev–Trinajstić information content (AvgIpc) is 2.81. The van der Waals surface area contributed by atoms with Crippen LogP contribution in [0.1, 0.15) is 18.5 Å². The normalized spacial score (nSPS) is 18.1. The maximum atomic E-state index is 12.5. The largest absolute Gasteiger partial charge is 0.390 e. The van der Waals surface area contributed by atoms with Crippen molar-refractivity contribution in [2.45, 2.75) is 30.4 Å². The quantitative estimate of drug-likeness (QED) is 0.866. The van der Waals surface area contributed by atoms with Crippen molar-refractivity contribution < 1.29 is 18.3 Å². The van der Waals surface area contributed by atoms with Crippen LogP contribution in [0.15, 0.2) is 17.2 Å². The highest BCUT2D eigenvalue weighted by atomic mass is 32.2. The lowest BCUT2D eigenvalue weighted by Gasteiger charge is -2.30. The highest BCUT2D eigenvalue weighted by Crippen LogP contribution is 2.23. The summed E-state index contributed by atoms with van der Waals surface area (Å²) in [6.45, 7) is 1.02. The second kappa shape index (κ2) is 5.62. The van der Waals surface area contributed by atoms with Gasteiger partial charge in [-0.3, -0.25) is 0 Å². The van der Waals surface area contributed by atoms with Gasteiger partial charge in [0.1, 0.15) is 4.90 Å². The molecule has 0 aromatic carbocycles. The minimum absolute atomic E-state index is 0.0171. The molecule has 108 valence electrons. The maximum absolute atomic E-state index is 12.5. The molecule has 0 amide bonds. The van der Waals surface area contributed by atoms with Crippen LogP contribution in [0.3, 0.4) is 0 Å². The number of hydrogen-bond donors (Lipinski definition) is 1. The Morgan fingerprint density at radius 1 is 1.47 bits per heavy atom. The molecule has 19 heavy (non-hydrogen) atoms. The Bertz CT molecular complexity index is 532. The van der Waals surface area contributed by atoms with E-state index >= 15 is 0 Å². The molecule has 0 atom stereocenters. The van der Waals surface area contributed by atoms with Crippen molar-refractivity contribution in [3.05, 3.63) is 18.0 Å². The van der Waals surface area contributed by atoms with Gasteiger partial charge in [0.2, 0.25) is 10.0 Å². The minimum Gasteiger partial charge on any atom is -0.390 e. The van der Waals surface area contributed by atoms with E-state index in [1.807, 2.05) is 0 Å². The lowest BCUT2D eigenvalue weighted by atomic mass is 10.1. The summed E-state index contributed by atoms with van der Waals surface area (Å²) >= 11 is 0. The second-order valence-electron chi connectivity index (χ2n) is 4.80. The van der Waals surface area contributed by atoms with Gasteiger partial charge in [-0.1, -0.05) is 0 Å². The van der Waals surface area contributed by atoms with Gasteiger partial charge >= 0.3 is 0 Å². The maximum Gasteiger partial charge on any atom is 0.244 e. The van der Waals surface area contributed by atoms with E-state index < -0.39 is 10.0 Å². The smallest absolute Gasteiger partial charge is 0.244 e. The van der Waals surface area contributed by atoms with Crippen LogP contribution in [0.5, 0.6) is 0 Å². The van der Waals surface area contributed by atoms with Crippen molar-refractivity contribution >= 4 is 10.0 Å². The molecular weight excluding hydrogens is 268 g/mol. The van der Waals surface area contributed by atoms with Crippen molar-refractivity contribution in [1.29, 1.82) is 0 Å². The molecule has 1 saturated heterocycles.